The molecule has 1 heterocycles. The monoisotopic (exact) mass is 619 g/mol. The minimum atomic E-state index is 0.0151. The van der Waals surface area contributed by atoms with Crippen LogP contribution < -0.4 is 0 Å². The summed E-state index contributed by atoms with van der Waals surface area (Å²) in [6.45, 7) is 14.7. The Morgan fingerprint density at radius 3 is 1.44 bits per heavy atom. The molecule has 48 heavy (non-hydrogen) atoms. The lowest BCUT2D eigenvalue weighted by molar-refractivity contribution is 0.125. The van der Waals surface area contributed by atoms with Gasteiger partial charge in [0.05, 0.1) is 16.7 Å². The van der Waals surface area contributed by atoms with Gasteiger partial charge in [-0.05, 0) is 78.6 Å². The summed E-state index contributed by atoms with van der Waals surface area (Å²) in [5.41, 5.74) is 11.9. The van der Waals surface area contributed by atoms with E-state index in [0.29, 0.717) is 0 Å². The van der Waals surface area contributed by atoms with E-state index >= 15 is 0 Å². The molecule has 7 aromatic carbocycles. The molecule has 8 aromatic rings. The molecular weight excluding hydrogens is 579 g/mol. The Morgan fingerprint density at radius 2 is 0.833 bits per heavy atom. The molecule has 234 valence electrons. The minimum Gasteiger partial charge on any atom is -0.308 e. The molecule has 0 fully saturated rings. The molecule has 0 saturated heterocycles. The molecule has 0 bridgehead atoms. The van der Waals surface area contributed by atoms with E-state index in [1.807, 2.05) is 0 Å². The summed E-state index contributed by atoms with van der Waals surface area (Å²) in [5.74, 6) is 0. The summed E-state index contributed by atoms with van der Waals surface area (Å²) < 4.78 is 2.58. The summed E-state index contributed by atoms with van der Waals surface area (Å²) >= 11 is 0. The molecule has 0 atom stereocenters. The number of hydrogen-bond donors (Lipinski definition) is 0. The Kier molecular flexibility index (Phi) is 6.01. The SMILES string of the molecule is CC1(C)c2cc3c4ccccc4n(-c4c5ccccc5c(-c5ccc(-c6ccccc6)cc5)c5ccccc45)c3cc2C(C)(C)C1(C)C. The van der Waals surface area contributed by atoms with E-state index in [2.05, 4.69) is 186 Å². The highest BCUT2D eigenvalue weighted by Gasteiger charge is 2.57. The van der Waals surface area contributed by atoms with Gasteiger partial charge in [0.2, 0.25) is 0 Å². The highest BCUT2D eigenvalue weighted by Crippen LogP contribution is 2.62. The molecule has 0 spiro atoms. The van der Waals surface area contributed by atoms with Crippen molar-refractivity contribution in [3.63, 3.8) is 0 Å². The third-order valence-corrected chi connectivity index (χ3v) is 12.7. The standard InChI is InChI=1S/C47H41N/c1-45(2)39-28-38-33-18-14-15-23-41(33)48(42(38)29-40(39)46(3,4)47(45,5)6)44-36-21-12-10-19-34(36)43(35-20-11-13-22-37(35)44)32-26-24-31(25-27-32)30-16-8-7-9-17-30/h7-29H,1-6H3. The van der Waals surface area contributed by atoms with Crippen molar-refractivity contribution in [1.82, 2.24) is 4.57 Å². The van der Waals surface area contributed by atoms with Crippen LogP contribution in [-0.2, 0) is 10.8 Å². The number of nitrogens with zero attached hydrogens (tertiary/aromatic N) is 1. The lowest BCUT2D eigenvalue weighted by Crippen LogP contribution is -2.42. The van der Waals surface area contributed by atoms with Crippen LogP contribution in [0.5, 0.6) is 0 Å². The van der Waals surface area contributed by atoms with E-state index in [1.54, 1.807) is 0 Å². The van der Waals surface area contributed by atoms with E-state index < -0.39 is 0 Å². The molecule has 0 N–H and O–H groups in total. The van der Waals surface area contributed by atoms with E-state index in [1.165, 1.54) is 82.4 Å². The molecule has 1 aliphatic carbocycles. The maximum Gasteiger partial charge on any atom is 0.0619 e. The fraction of sp³-hybridized carbons (Fsp3) is 0.191. The van der Waals surface area contributed by atoms with Crippen molar-refractivity contribution in [3.05, 3.63) is 151 Å². The van der Waals surface area contributed by atoms with Gasteiger partial charge < -0.3 is 4.57 Å². The second-order valence-electron chi connectivity index (χ2n) is 15.4. The molecule has 0 amide bonds. The van der Waals surface area contributed by atoms with Crippen molar-refractivity contribution in [2.24, 2.45) is 5.41 Å². The Morgan fingerprint density at radius 1 is 0.375 bits per heavy atom. The van der Waals surface area contributed by atoms with Crippen molar-refractivity contribution in [1.29, 1.82) is 0 Å². The molecule has 0 aliphatic heterocycles. The summed E-state index contributed by atoms with van der Waals surface area (Å²) in [6.07, 6.45) is 0. The molecule has 1 nitrogen and oxygen atoms in total. The van der Waals surface area contributed by atoms with E-state index in [4.69, 9.17) is 0 Å². The quantitative estimate of drug-likeness (QED) is 0.173. The first-order valence-corrected chi connectivity index (χ1v) is 17.3. The second-order valence-corrected chi connectivity index (χ2v) is 15.4. The lowest BCUT2D eigenvalue weighted by Gasteiger charge is -2.44. The largest absolute Gasteiger partial charge is 0.308 e. The molecule has 1 heteroatoms. The van der Waals surface area contributed by atoms with Crippen molar-refractivity contribution < 1.29 is 0 Å². The van der Waals surface area contributed by atoms with Crippen LogP contribution in [0.4, 0.5) is 0 Å². The molecular formula is C47H41N. The van der Waals surface area contributed by atoms with Crippen LogP contribution >= 0.6 is 0 Å². The van der Waals surface area contributed by atoms with Crippen LogP contribution in [0.15, 0.2) is 140 Å². The number of rotatable bonds is 3. The molecule has 9 rings (SSSR count). The van der Waals surface area contributed by atoms with Crippen LogP contribution in [0.25, 0.3) is 71.3 Å². The molecule has 0 saturated carbocycles. The fourth-order valence-corrected chi connectivity index (χ4v) is 8.86. The zero-order valence-corrected chi connectivity index (χ0v) is 28.7. The van der Waals surface area contributed by atoms with Crippen molar-refractivity contribution in [2.75, 3.05) is 0 Å². The fourth-order valence-electron chi connectivity index (χ4n) is 8.86. The highest BCUT2D eigenvalue weighted by molar-refractivity contribution is 6.21. The molecule has 1 aliphatic rings. The van der Waals surface area contributed by atoms with Gasteiger partial charge in [-0.2, -0.15) is 0 Å². The normalized spacial score (nSPS) is 16.2. The number of hydrogen-bond acceptors (Lipinski definition) is 0. The van der Waals surface area contributed by atoms with Crippen LogP contribution in [-0.4, -0.2) is 4.57 Å². The average Bonchev–Trinajstić information content (AvgIpc) is 3.47. The summed E-state index contributed by atoms with van der Waals surface area (Å²) in [4.78, 5) is 0. The van der Waals surface area contributed by atoms with E-state index in [0.717, 1.165) is 0 Å². The maximum atomic E-state index is 2.58. The van der Waals surface area contributed by atoms with Crippen molar-refractivity contribution in [3.8, 4) is 27.9 Å². The maximum absolute atomic E-state index is 2.58. The zero-order chi connectivity index (χ0) is 33.0. The second kappa shape index (κ2) is 9.94. The number of fused-ring (bicyclic) bond motifs is 6. The van der Waals surface area contributed by atoms with Gasteiger partial charge in [-0.25, -0.2) is 0 Å². The lowest BCUT2D eigenvalue weighted by atomic mass is 9.59. The van der Waals surface area contributed by atoms with Crippen LogP contribution in [0, 0.1) is 5.41 Å². The van der Waals surface area contributed by atoms with Crippen LogP contribution in [0.3, 0.4) is 0 Å². The van der Waals surface area contributed by atoms with Gasteiger partial charge in [0, 0.05) is 21.5 Å². The van der Waals surface area contributed by atoms with E-state index in [9.17, 15) is 0 Å². The number of aromatic nitrogens is 1. The van der Waals surface area contributed by atoms with E-state index in [-0.39, 0.29) is 16.2 Å². The third-order valence-electron chi connectivity index (χ3n) is 12.7. The van der Waals surface area contributed by atoms with Gasteiger partial charge in [-0.3, -0.25) is 0 Å². The Balaban J connectivity index is 1.38. The topological polar surface area (TPSA) is 4.93 Å². The van der Waals surface area contributed by atoms with Crippen LogP contribution in [0.2, 0.25) is 0 Å². The minimum absolute atomic E-state index is 0.0151. The Bertz CT molecular complexity index is 2500. The third kappa shape index (κ3) is 3.73. The summed E-state index contributed by atoms with van der Waals surface area (Å²) in [7, 11) is 0. The van der Waals surface area contributed by atoms with Gasteiger partial charge in [0.1, 0.15) is 0 Å². The predicted octanol–water partition coefficient (Wildman–Crippen LogP) is 13.0. The van der Waals surface area contributed by atoms with Gasteiger partial charge in [-0.15, -0.1) is 0 Å². The number of para-hydroxylation sites is 1. The van der Waals surface area contributed by atoms with Gasteiger partial charge >= 0.3 is 0 Å². The van der Waals surface area contributed by atoms with Gasteiger partial charge in [0.25, 0.3) is 0 Å². The Hall–Kier alpha value is -5.14. The predicted molar refractivity (Wildman–Crippen MR) is 206 cm³/mol. The summed E-state index contributed by atoms with van der Waals surface area (Å²) in [5, 5.41) is 7.71. The summed E-state index contributed by atoms with van der Waals surface area (Å²) in [6, 6.07) is 51.9. The molecule has 0 unspecified atom stereocenters. The molecule has 1 aromatic heterocycles. The van der Waals surface area contributed by atoms with Crippen molar-refractivity contribution in [2.45, 2.75) is 52.4 Å². The smallest absolute Gasteiger partial charge is 0.0619 e. The first-order valence-electron chi connectivity index (χ1n) is 17.3. The first-order chi connectivity index (χ1) is 23.1. The Labute approximate surface area is 283 Å². The van der Waals surface area contributed by atoms with Gasteiger partial charge in [0.15, 0.2) is 0 Å². The van der Waals surface area contributed by atoms with Gasteiger partial charge in [-0.1, -0.05) is 163 Å². The highest BCUT2D eigenvalue weighted by atomic mass is 15.0. The zero-order valence-electron chi connectivity index (χ0n) is 28.7. The average molecular weight is 620 g/mol. The van der Waals surface area contributed by atoms with Crippen LogP contribution in [0.1, 0.15) is 52.7 Å². The first kappa shape index (κ1) is 29.0. The van der Waals surface area contributed by atoms with Crippen molar-refractivity contribution >= 4 is 43.4 Å². The molecule has 0 radical (unpaired) electrons. The number of benzene rings is 7.